The van der Waals surface area contributed by atoms with Crippen LogP contribution in [0.4, 0.5) is 0 Å². The van der Waals surface area contributed by atoms with Crippen molar-refractivity contribution in [3.05, 3.63) is 53.1 Å². The highest BCUT2D eigenvalue weighted by molar-refractivity contribution is 6.31. The molecule has 4 heteroatoms. The summed E-state index contributed by atoms with van der Waals surface area (Å²) in [7, 11) is 0. The summed E-state index contributed by atoms with van der Waals surface area (Å²) in [5, 5.41) is 4.12. The van der Waals surface area contributed by atoms with E-state index in [1.54, 1.807) is 12.4 Å². The van der Waals surface area contributed by atoms with Gasteiger partial charge in [0.05, 0.1) is 5.02 Å². The van der Waals surface area contributed by atoms with Crippen molar-refractivity contribution in [2.45, 2.75) is 26.4 Å². The Morgan fingerprint density at radius 3 is 3.00 bits per heavy atom. The molecular weight excluding hydrogens is 246 g/mol. The van der Waals surface area contributed by atoms with Gasteiger partial charge in [0.1, 0.15) is 0 Å². The van der Waals surface area contributed by atoms with Crippen molar-refractivity contribution in [3.8, 4) is 0 Å². The van der Waals surface area contributed by atoms with Crippen LogP contribution in [0, 0.1) is 0 Å². The number of nitrogens with one attached hydrogen (secondary N) is 1. The summed E-state index contributed by atoms with van der Waals surface area (Å²) in [4.78, 5) is 3.99. The summed E-state index contributed by atoms with van der Waals surface area (Å²) < 4.78 is 2.14. The zero-order valence-corrected chi connectivity index (χ0v) is 11.5. The van der Waals surface area contributed by atoms with Crippen LogP contribution in [0.25, 0.3) is 0 Å². The van der Waals surface area contributed by atoms with E-state index in [0.717, 1.165) is 18.7 Å². The molecular formula is C14H18ClN3. The minimum atomic E-state index is 0.379. The van der Waals surface area contributed by atoms with E-state index < -0.39 is 0 Å². The van der Waals surface area contributed by atoms with Gasteiger partial charge in [-0.1, -0.05) is 18.5 Å². The van der Waals surface area contributed by atoms with E-state index in [1.807, 2.05) is 6.07 Å². The van der Waals surface area contributed by atoms with E-state index >= 15 is 0 Å². The molecule has 0 aliphatic heterocycles. The molecule has 0 radical (unpaired) electrons. The second kappa shape index (κ2) is 6.03. The predicted octanol–water partition coefficient (Wildman–Crippen LogP) is 3.26. The van der Waals surface area contributed by atoms with Crippen molar-refractivity contribution in [1.29, 1.82) is 0 Å². The van der Waals surface area contributed by atoms with Gasteiger partial charge in [-0.3, -0.25) is 4.98 Å². The molecule has 0 amide bonds. The van der Waals surface area contributed by atoms with Gasteiger partial charge in [-0.15, -0.1) is 0 Å². The van der Waals surface area contributed by atoms with Crippen LogP contribution in [0.2, 0.25) is 5.02 Å². The topological polar surface area (TPSA) is 29.9 Å². The lowest BCUT2D eigenvalue weighted by Crippen LogP contribution is -2.17. The first-order valence-electron chi connectivity index (χ1n) is 6.18. The summed E-state index contributed by atoms with van der Waals surface area (Å²) in [6.45, 7) is 6.04. The lowest BCUT2D eigenvalue weighted by molar-refractivity contribution is 0.596. The summed E-state index contributed by atoms with van der Waals surface area (Å²) in [6.07, 6.45) is 7.69. The van der Waals surface area contributed by atoms with E-state index in [9.17, 15) is 0 Å². The summed E-state index contributed by atoms with van der Waals surface area (Å²) in [5.41, 5.74) is 2.38. The molecule has 2 rings (SSSR count). The minimum absolute atomic E-state index is 0.379. The minimum Gasteiger partial charge on any atom is -0.350 e. The highest BCUT2D eigenvalue weighted by Gasteiger charge is 2.06. The maximum Gasteiger partial charge on any atom is 0.0639 e. The number of aromatic nitrogens is 2. The van der Waals surface area contributed by atoms with Crippen LogP contribution in [0.5, 0.6) is 0 Å². The first-order valence-corrected chi connectivity index (χ1v) is 6.56. The van der Waals surface area contributed by atoms with Crippen molar-refractivity contribution in [2.75, 3.05) is 6.54 Å². The van der Waals surface area contributed by atoms with Gasteiger partial charge in [-0.2, -0.15) is 0 Å². The summed E-state index contributed by atoms with van der Waals surface area (Å²) >= 11 is 6.11. The van der Waals surface area contributed by atoms with Crippen LogP contribution in [0.3, 0.4) is 0 Å². The molecule has 1 atom stereocenters. The SMILES string of the molecule is CCNC(C)c1ccn(Cc2ccncc2Cl)c1. The van der Waals surface area contributed by atoms with Gasteiger partial charge in [0.25, 0.3) is 0 Å². The molecule has 2 aromatic rings. The molecule has 3 nitrogen and oxygen atoms in total. The van der Waals surface area contributed by atoms with E-state index in [0.29, 0.717) is 11.1 Å². The Labute approximate surface area is 113 Å². The smallest absolute Gasteiger partial charge is 0.0639 e. The number of hydrogen-bond acceptors (Lipinski definition) is 2. The van der Waals surface area contributed by atoms with Gasteiger partial charge < -0.3 is 9.88 Å². The monoisotopic (exact) mass is 263 g/mol. The van der Waals surface area contributed by atoms with Gasteiger partial charge in [-0.25, -0.2) is 0 Å². The maximum atomic E-state index is 6.11. The molecule has 2 aromatic heterocycles. The third-order valence-corrected chi connectivity index (χ3v) is 3.33. The van der Waals surface area contributed by atoms with Crippen molar-refractivity contribution in [1.82, 2.24) is 14.9 Å². The van der Waals surface area contributed by atoms with Crippen LogP contribution >= 0.6 is 11.6 Å². The van der Waals surface area contributed by atoms with Crippen molar-refractivity contribution in [3.63, 3.8) is 0 Å². The van der Waals surface area contributed by atoms with E-state index in [4.69, 9.17) is 11.6 Å². The Hall–Kier alpha value is -1.32. The Bertz CT molecular complexity index is 507. The molecule has 1 unspecified atom stereocenters. The highest BCUT2D eigenvalue weighted by Crippen LogP contribution is 2.17. The Kier molecular flexibility index (Phi) is 4.39. The lowest BCUT2D eigenvalue weighted by atomic mass is 10.2. The molecule has 96 valence electrons. The zero-order valence-electron chi connectivity index (χ0n) is 10.7. The van der Waals surface area contributed by atoms with E-state index in [2.05, 4.69) is 47.2 Å². The summed E-state index contributed by atoms with van der Waals surface area (Å²) in [5.74, 6) is 0. The molecule has 1 N–H and O–H groups in total. The normalized spacial score (nSPS) is 12.6. The van der Waals surface area contributed by atoms with E-state index in [-0.39, 0.29) is 0 Å². The van der Waals surface area contributed by atoms with Gasteiger partial charge in [-0.05, 0) is 36.7 Å². The molecule has 0 fully saturated rings. The van der Waals surface area contributed by atoms with Crippen molar-refractivity contribution in [2.24, 2.45) is 0 Å². The first kappa shape index (κ1) is 13.1. The first-order chi connectivity index (χ1) is 8.70. The average Bonchev–Trinajstić information content (AvgIpc) is 2.81. The molecule has 0 aromatic carbocycles. The Morgan fingerprint density at radius 1 is 1.44 bits per heavy atom. The third-order valence-electron chi connectivity index (χ3n) is 2.99. The summed E-state index contributed by atoms with van der Waals surface area (Å²) in [6, 6.07) is 4.47. The predicted molar refractivity (Wildman–Crippen MR) is 74.9 cm³/mol. The van der Waals surface area contributed by atoms with Crippen molar-refractivity contribution < 1.29 is 0 Å². The van der Waals surface area contributed by atoms with Crippen LogP contribution in [-0.4, -0.2) is 16.1 Å². The number of pyridine rings is 1. The van der Waals surface area contributed by atoms with Crippen LogP contribution in [0.1, 0.15) is 31.0 Å². The largest absolute Gasteiger partial charge is 0.350 e. The standard InChI is InChI=1S/C14H18ClN3/c1-3-17-11(2)12-5-7-18(9-12)10-13-4-6-16-8-14(13)15/h4-9,11,17H,3,10H2,1-2H3. The van der Waals surface area contributed by atoms with Gasteiger partial charge in [0.15, 0.2) is 0 Å². The van der Waals surface area contributed by atoms with Crippen LogP contribution < -0.4 is 5.32 Å². The highest BCUT2D eigenvalue weighted by atomic mass is 35.5. The van der Waals surface area contributed by atoms with Crippen LogP contribution in [0.15, 0.2) is 36.9 Å². The fourth-order valence-corrected chi connectivity index (χ4v) is 2.15. The quantitative estimate of drug-likeness (QED) is 0.897. The second-order valence-electron chi connectivity index (χ2n) is 4.36. The van der Waals surface area contributed by atoms with Gasteiger partial charge in [0, 0.05) is 37.4 Å². The Balaban J connectivity index is 2.09. The van der Waals surface area contributed by atoms with Crippen molar-refractivity contribution >= 4 is 11.6 Å². The fraction of sp³-hybridized carbons (Fsp3) is 0.357. The van der Waals surface area contributed by atoms with E-state index in [1.165, 1.54) is 5.56 Å². The fourth-order valence-electron chi connectivity index (χ4n) is 1.97. The van der Waals surface area contributed by atoms with Gasteiger partial charge in [0.2, 0.25) is 0 Å². The maximum absolute atomic E-state index is 6.11. The second-order valence-corrected chi connectivity index (χ2v) is 4.77. The average molecular weight is 264 g/mol. The zero-order chi connectivity index (χ0) is 13.0. The Morgan fingerprint density at radius 2 is 2.28 bits per heavy atom. The molecule has 0 saturated heterocycles. The van der Waals surface area contributed by atoms with Crippen LogP contribution in [-0.2, 0) is 6.54 Å². The number of halogens is 1. The number of hydrogen-bond donors (Lipinski definition) is 1. The lowest BCUT2D eigenvalue weighted by Gasteiger charge is -2.10. The number of rotatable bonds is 5. The molecule has 0 bridgehead atoms. The molecule has 2 heterocycles. The molecule has 0 spiro atoms. The molecule has 18 heavy (non-hydrogen) atoms. The molecule has 0 saturated carbocycles. The van der Waals surface area contributed by atoms with Gasteiger partial charge >= 0.3 is 0 Å². The third kappa shape index (κ3) is 3.12. The molecule has 0 aliphatic carbocycles. The number of nitrogens with zero attached hydrogens (tertiary/aromatic N) is 2. The molecule has 0 aliphatic rings.